The Balaban J connectivity index is 1.60. The van der Waals surface area contributed by atoms with Crippen LogP contribution >= 0.6 is 23.5 Å². The van der Waals surface area contributed by atoms with E-state index in [9.17, 15) is 4.79 Å². The summed E-state index contributed by atoms with van der Waals surface area (Å²) in [5, 5.41) is 9.04. The molecule has 0 atom stereocenters. The number of carbonyl (C=O) groups is 1. The molecule has 0 aliphatic carbocycles. The van der Waals surface area contributed by atoms with Crippen molar-refractivity contribution in [2.45, 2.75) is 25.3 Å². The molecule has 2 aliphatic heterocycles. The summed E-state index contributed by atoms with van der Waals surface area (Å²) in [6.45, 7) is 5.12. The molecule has 38 heavy (non-hydrogen) atoms. The molecular formula is C29H29N5O2S2. The van der Waals surface area contributed by atoms with E-state index in [-0.39, 0.29) is 5.91 Å². The first-order valence-electron chi connectivity index (χ1n) is 12.3. The first-order chi connectivity index (χ1) is 18.5. The van der Waals surface area contributed by atoms with Gasteiger partial charge in [-0.2, -0.15) is 0 Å². The molecule has 3 aromatic rings. The third kappa shape index (κ3) is 5.16. The number of thioether (sulfide) groups is 2. The van der Waals surface area contributed by atoms with Crippen molar-refractivity contribution in [3.8, 4) is 0 Å². The molecule has 0 unspecified atom stereocenters. The molecule has 5 rings (SSSR count). The predicted molar refractivity (Wildman–Crippen MR) is 159 cm³/mol. The van der Waals surface area contributed by atoms with Gasteiger partial charge in [0.15, 0.2) is 5.17 Å². The largest absolute Gasteiger partial charge is 0.399 e. The number of aliphatic imine (C=N–C) groups is 1. The second kappa shape index (κ2) is 11.4. The lowest BCUT2D eigenvalue weighted by molar-refractivity contribution is -0.122. The molecule has 0 aromatic heterocycles. The average molecular weight is 544 g/mol. The quantitative estimate of drug-likeness (QED) is 0.204. The fraction of sp³-hybridized carbons (Fsp3) is 0.207. The molecule has 194 valence electrons. The zero-order valence-corrected chi connectivity index (χ0v) is 23.4. The van der Waals surface area contributed by atoms with Gasteiger partial charge in [-0.3, -0.25) is 9.69 Å². The number of anilines is 2. The van der Waals surface area contributed by atoms with Gasteiger partial charge in [-0.15, -0.1) is 0 Å². The van der Waals surface area contributed by atoms with E-state index >= 15 is 0 Å². The number of benzene rings is 3. The summed E-state index contributed by atoms with van der Waals surface area (Å²) >= 11 is 3.05. The Morgan fingerprint density at radius 2 is 1.79 bits per heavy atom. The Morgan fingerprint density at radius 3 is 2.53 bits per heavy atom. The smallest absolute Gasteiger partial charge is 0.269 e. The number of amides is 1. The number of amidine groups is 1. The lowest BCUT2D eigenvalue weighted by Crippen LogP contribution is -2.29. The zero-order chi connectivity index (χ0) is 26.6. The molecule has 1 fully saturated rings. The predicted octanol–water partition coefficient (Wildman–Crippen LogP) is 6.66. The van der Waals surface area contributed by atoms with Crippen LogP contribution in [0.4, 0.5) is 17.1 Å². The number of carbonyl (C=O) groups excluding carboxylic acids is 1. The average Bonchev–Trinajstić information content (AvgIpc) is 3.42. The van der Waals surface area contributed by atoms with Crippen LogP contribution in [0.3, 0.4) is 0 Å². The van der Waals surface area contributed by atoms with Gasteiger partial charge in [0.2, 0.25) is 0 Å². The molecule has 1 N–H and O–H groups in total. The van der Waals surface area contributed by atoms with E-state index < -0.39 is 0 Å². The van der Waals surface area contributed by atoms with Gasteiger partial charge in [0, 0.05) is 24.1 Å². The van der Waals surface area contributed by atoms with Gasteiger partial charge in [0.1, 0.15) is 12.0 Å². The van der Waals surface area contributed by atoms with Crippen LogP contribution in [-0.4, -0.2) is 42.4 Å². The van der Waals surface area contributed by atoms with E-state index in [0.29, 0.717) is 16.6 Å². The maximum atomic E-state index is 13.9. The second-order valence-corrected chi connectivity index (χ2v) is 10.8. The van der Waals surface area contributed by atoms with E-state index in [1.165, 1.54) is 18.9 Å². The molecule has 2 heterocycles. The Morgan fingerprint density at radius 1 is 1.03 bits per heavy atom. The monoisotopic (exact) mass is 543 g/mol. The third-order valence-electron chi connectivity index (χ3n) is 6.21. The summed E-state index contributed by atoms with van der Waals surface area (Å²) in [5.74, 6) is -0.0435. The highest BCUT2D eigenvalue weighted by atomic mass is 32.2. The fourth-order valence-corrected chi connectivity index (χ4v) is 6.64. The van der Waals surface area contributed by atoms with Gasteiger partial charge in [-0.05, 0) is 55.4 Å². The topological polar surface area (TPSA) is 69.5 Å². The maximum Gasteiger partial charge on any atom is 0.269 e. The van der Waals surface area contributed by atoms with Crippen molar-refractivity contribution >= 4 is 57.4 Å². The summed E-state index contributed by atoms with van der Waals surface area (Å²) in [7, 11) is 3.54. The Bertz CT molecular complexity index is 1450. The molecule has 0 radical (unpaired) electrons. The van der Waals surface area contributed by atoms with Crippen LogP contribution in [0.1, 0.15) is 25.0 Å². The number of rotatable bonds is 7. The van der Waals surface area contributed by atoms with Gasteiger partial charge in [-0.1, -0.05) is 65.4 Å². The minimum Gasteiger partial charge on any atom is -0.399 e. The van der Waals surface area contributed by atoms with Crippen molar-refractivity contribution in [1.29, 1.82) is 0 Å². The van der Waals surface area contributed by atoms with Crippen molar-refractivity contribution < 1.29 is 9.63 Å². The minimum atomic E-state index is -0.0435. The molecular weight excluding hydrogens is 514 g/mol. The molecule has 7 nitrogen and oxygen atoms in total. The molecule has 0 saturated carbocycles. The highest BCUT2D eigenvalue weighted by Gasteiger charge is 2.39. The van der Waals surface area contributed by atoms with Crippen LogP contribution in [0.25, 0.3) is 0 Å². The summed E-state index contributed by atoms with van der Waals surface area (Å²) in [6, 6.07) is 24.2. The number of hydrogen-bond acceptors (Lipinski definition) is 8. The lowest BCUT2D eigenvalue weighted by atomic mass is 10.1. The van der Waals surface area contributed by atoms with Crippen LogP contribution in [0.15, 0.2) is 97.8 Å². The van der Waals surface area contributed by atoms with Crippen LogP contribution in [0, 0.1) is 0 Å². The summed E-state index contributed by atoms with van der Waals surface area (Å²) in [6.07, 6.45) is 0. The van der Waals surface area contributed by atoms with Crippen molar-refractivity contribution in [2.75, 3.05) is 30.9 Å². The SMILES string of the molecule is CCNc1ccc(C(C)=NOC)cc1N=C1SC(=C2Sc3ccccc3N2C)C(=O)N1Cc1ccccc1. The molecule has 1 saturated heterocycles. The van der Waals surface area contributed by atoms with Crippen LogP contribution in [0.5, 0.6) is 0 Å². The number of para-hydroxylation sites is 1. The van der Waals surface area contributed by atoms with Gasteiger partial charge in [-0.25, -0.2) is 4.99 Å². The number of oxime groups is 1. The van der Waals surface area contributed by atoms with E-state index in [1.54, 1.807) is 16.7 Å². The zero-order valence-electron chi connectivity index (χ0n) is 21.8. The fourth-order valence-electron chi connectivity index (χ4n) is 4.31. The standard InChI is InChI=1S/C29H29N5O2S2/c1-5-30-22-16-15-21(19(2)32-36-4)17-23(22)31-29-34(18-20-11-7-6-8-12-20)27(35)26(38-29)28-33(3)24-13-9-10-14-25(24)37-28/h6-17,30H,5,18H2,1-4H3. The first-order valence-corrected chi connectivity index (χ1v) is 14.0. The normalized spacial score (nSPS) is 18.4. The van der Waals surface area contributed by atoms with E-state index in [1.807, 2.05) is 81.6 Å². The van der Waals surface area contributed by atoms with Crippen LogP contribution in [-0.2, 0) is 16.2 Å². The Labute approximate surface area is 231 Å². The Hall–Kier alpha value is -3.69. The van der Waals surface area contributed by atoms with Crippen LogP contribution in [0.2, 0.25) is 0 Å². The number of nitrogens with one attached hydrogen (secondary N) is 1. The van der Waals surface area contributed by atoms with Gasteiger partial charge >= 0.3 is 0 Å². The third-order valence-corrected chi connectivity index (χ3v) is 8.64. The van der Waals surface area contributed by atoms with Crippen molar-refractivity contribution in [3.63, 3.8) is 0 Å². The summed E-state index contributed by atoms with van der Waals surface area (Å²) < 4.78 is 0. The molecule has 9 heteroatoms. The number of hydrogen-bond donors (Lipinski definition) is 1. The van der Waals surface area contributed by atoms with Crippen molar-refractivity contribution in [1.82, 2.24) is 4.90 Å². The molecule has 0 spiro atoms. The summed E-state index contributed by atoms with van der Waals surface area (Å²) in [4.78, 5) is 29.7. The summed E-state index contributed by atoms with van der Waals surface area (Å²) in [5.41, 5.74) is 5.42. The molecule has 0 bridgehead atoms. The van der Waals surface area contributed by atoms with Crippen LogP contribution < -0.4 is 10.2 Å². The van der Waals surface area contributed by atoms with Gasteiger partial charge < -0.3 is 15.1 Å². The van der Waals surface area contributed by atoms with Crippen molar-refractivity contribution in [2.24, 2.45) is 10.1 Å². The van der Waals surface area contributed by atoms with E-state index in [2.05, 4.69) is 27.5 Å². The lowest BCUT2D eigenvalue weighted by Gasteiger charge is -2.17. The molecule has 1 amide bonds. The van der Waals surface area contributed by atoms with E-state index in [0.717, 1.165) is 50.4 Å². The second-order valence-electron chi connectivity index (χ2n) is 8.76. The number of nitrogens with zero attached hydrogens (tertiary/aromatic N) is 4. The van der Waals surface area contributed by atoms with E-state index in [4.69, 9.17) is 9.83 Å². The highest BCUT2D eigenvalue weighted by molar-refractivity contribution is 8.19. The maximum absolute atomic E-state index is 13.9. The molecule has 3 aromatic carbocycles. The van der Waals surface area contributed by atoms with Gasteiger partial charge in [0.05, 0.1) is 34.3 Å². The first kappa shape index (κ1) is 25.9. The Kier molecular flexibility index (Phi) is 7.76. The van der Waals surface area contributed by atoms with Crippen molar-refractivity contribution in [3.05, 3.63) is 93.9 Å². The molecule has 2 aliphatic rings. The minimum absolute atomic E-state index is 0.0435. The highest BCUT2D eigenvalue weighted by Crippen LogP contribution is 2.50. The van der Waals surface area contributed by atoms with Gasteiger partial charge in [0.25, 0.3) is 5.91 Å². The number of fused-ring (bicyclic) bond motifs is 1.